The molecule has 3 rings (SSSR count). The molecule has 0 radical (unpaired) electrons. The first kappa shape index (κ1) is 22.6. The van der Waals surface area contributed by atoms with Crippen LogP contribution in [-0.2, 0) is 10.2 Å². The Labute approximate surface area is 181 Å². The van der Waals surface area contributed by atoms with Crippen molar-refractivity contribution in [1.29, 1.82) is 0 Å². The van der Waals surface area contributed by atoms with E-state index in [1.165, 1.54) is 11.3 Å². The van der Waals surface area contributed by atoms with E-state index in [4.69, 9.17) is 9.47 Å². The van der Waals surface area contributed by atoms with Gasteiger partial charge in [0.25, 0.3) is 0 Å². The highest BCUT2D eigenvalue weighted by Gasteiger charge is 2.19. The maximum absolute atomic E-state index is 10.3. The van der Waals surface area contributed by atoms with Crippen LogP contribution in [0, 0.1) is 0 Å². The van der Waals surface area contributed by atoms with Crippen molar-refractivity contribution in [3.8, 4) is 5.75 Å². The highest BCUT2D eigenvalue weighted by atomic mass is 16.5. The molecule has 1 saturated heterocycles. The number of aliphatic hydroxyl groups excluding tert-OH is 1. The van der Waals surface area contributed by atoms with Crippen LogP contribution in [-0.4, -0.2) is 68.7 Å². The normalized spacial score (nSPS) is 16.5. The molecular weight excluding hydrogens is 376 g/mol. The van der Waals surface area contributed by atoms with Crippen molar-refractivity contribution in [2.45, 2.75) is 32.3 Å². The molecule has 1 heterocycles. The molecule has 30 heavy (non-hydrogen) atoms. The van der Waals surface area contributed by atoms with Gasteiger partial charge in [0.15, 0.2) is 0 Å². The van der Waals surface area contributed by atoms with Crippen molar-refractivity contribution >= 4 is 5.69 Å². The Bertz CT molecular complexity index is 735. The Hall–Kier alpha value is -2.08. The van der Waals surface area contributed by atoms with E-state index in [0.29, 0.717) is 26.4 Å². The van der Waals surface area contributed by atoms with Crippen molar-refractivity contribution in [1.82, 2.24) is 4.90 Å². The number of piperazine rings is 1. The van der Waals surface area contributed by atoms with E-state index in [9.17, 15) is 5.11 Å². The molecule has 0 aliphatic carbocycles. The zero-order chi connectivity index (χ0) is 21.4. The standard InChI is InChI=1S/C25H36N2O3/c1-25(2,3)21-9-11-24(12-10-21)30-18-17-29-20-23(28)19-26-13-15-27(16-14-26)22-7-5-4-6-8-22/h4-12,23,28H,13-20H2,1-3H3/t23-/m1/s1. The highest BCUT2D eigenvalue weighted by molar-refractivity contribution is 5.46. The number of ether oxygens (including phenoxy) is 2. The van der Waals surface area contributed by atoms with E-state index >= 15 is 0 Å². The second kappa shape index (κ2) is 10.8. The van der Waals surface area contributed by atoms with Gasteiger partial charge >= 0.3 is 0 Å². The first-order valence-corrected chi connectivity index (χ1v) is 10.9. The number of aliphatic hydroxyl groups is 1. The Morgan fingerprint density at radius 1 is 0.900 bits per heavy atom. The lowest BCUT2D eigenvalue weighted by molar-refractivity contribution is 0.00718. The minimum absolute atomic E-state index is 0.145. The third kappa shape index (κ3) is 7.01. The Morgan fingerprint density at radius 2 is 1.57 bits per heavy atom. The molecule has 0 spiro atoms. The number of para-hydroxylation sites is 1. The summed E-state index contributed by atoms with van der Waals surface area (Å²) in [5.74, 6) is 0.850. The first-order valence-electron chi connectivity index (χ1n) is 10.9. The molecule has 2 aromatic carbocycles. The summed E-state index contributed by atoms with van der Waals surface area (Å²) in [6, 6.07) is 18.7. The van der Waals surface area contributed by atoms with Crippen LogP contribution in [0.2, 0.25) is 0 Å². The van der Waals surface area contributed by atoms with Crippen molar-refractivity contribution in [2.75, 3.05) is 57.4 Å². The minimum Gasteiger partial charge on any atom is -0.491 e. The van der Waals surface area contributed by atoms with Gasteiger partial charge in [-0.1, -0.05) is 51.1 Å². The Balaban J connectivity index is 1.27. The SMILES string of the molecule is CC(C)(C)c1ccc(OCCOC[C@H](O)CN2CCN(c3ccccc3)CC2)cc1. The monoisotopic (exact) mass is 412 g/mol. The second-order valence-corrected chi connectivity index (χ2v) is 8.97. The van der Waals surface area contributed by atoms with Gasteiger partial charge in [-0.3, -0.25) is 4.90 Å². The summed E-state index contributed by atoms with van der Waals surface area (Å²) in [4.78, 5) is 4.70. The predicted octanol–water partition coefficient (Wildman–Crippen LogP) is 3.56. The van der Waals surface area contributed by atoms with Crippen LogP contribution >= 0.6 is 0 Å². The molecule has 1 N–H and O–H groups in total. The van der Waals surface area contributed by atoms with E-state index in [-0.39, 0.29) is 5.41 Å². The molecule has 1 aliphatic heterocycles. The molecule has 1 fully saturated rings. The molecular formula is C25H36N2O3. The molecule has 0 saturated carbocycles. The van der Waals surface area contributed by atoms with Gasteiger partial charge in [-0.05, 0) is 35.2 Å². The van der Waals surface area contributed by atoms with Crippen LogP contribution < -0.4 is 9.64 Å². The number of rotatable bonds is 9. The van der Waals surface area contributed by atoms with Gasteiger partial charge < -0.3 is 19.5 Å². The minimum atomic E-state index is -0.473. The molecule has 0 aromatic heterocycles. The predicted molar refractivity (Wildman–Crippen MR) is 123 cm³/mol. The summed E-state index contributed by atoms with van der Waals surface area (Å²) in [6.07, 6.45) is -0.473. The van der Waals surface area contributed by atoms with Gasteiger partial charge in [-0.15, -0.1) is 0 Å². The van der Waals surface area contributed by atoms with E-state index in [0.717, 1.165) is 31.9 Å². The third-order valence-electron chi connectivity index (χ3n) is 5.49. The topological polar surface area (TPSA) is 45.2 Å². The largest absolute Gasteiger partial charge is 0.491 e. The molecule has 5 heteroatoms. The lowest BCUT2D eigenvalue weighted by atomic mass is 9.87. The van der Waals surface area contributed by atoms with Crippen LogP contribution in [0.3, 0.4) is 0 Å². The van der Waals surface area contributed by atoms with E-state index in [2.05, 4.69) is 67.0 Å². The molecule has 1 aliphatic rings. The summed E-state index contributed by atoms with van der Waals surface area (Å²) in [7, 11) is 0. The summed E-state index contributed by atoms with van der Waals surface area (Å²) in [5.41, 5.74) is 2.71. The van der Waals surface area contributed by atoms with E-state index < -0.39 is 6.10 Å². The molecule has 0 amide bonds. The van der Waals surface area contributed by atoms with Crippen LogP contribution in [0.4, 0.5) is 5.69 Å². The summed E-state index contributed by atoms with van der Waals surface area (Å²) < 4.78 is 11.4. The highest BCUT2D eigenvalue weighted by Crippen LogP contribution is 2.24. The molecule has 5 nitrogen and oxygen atoms in total. The summed E-state index contributed by atoms with van der Waals surface area (Å²) >= 11 is 0. The molecule has 0 unspecified atom stereocenters. The number of β-amino-alcohol motifs (C(OH)–C–C–N with tert-alkyl or cyclic N) is 1. The molecule has 2 aromatic rings. The Kier molecular flexibility index (Phi) is 8.14. The van der Waals surface area contributed by atoms with Gasteiger partial charge in [0.2, 0.25) is 0 Å². The van der Waals surface area contributed by atoms with Gasteiger partial charge in [0, 0.05) is 38.4 Å². The summed E-state index contributed by atoms with van der Waals surface area (Å²) in [5, 5.41) is 10.3. The fourth-order valence-corrected chi connectivity index (χ4v) is 3.67. The number of nitrogens with zero attached hydrogens (tertiary/aromatic N) is 2. The summed E-state index contributed by atoms with van der Waals surface area (Å²) in [6.45, 7) is 12.4. The fraction of sp³-hybridized carbons (Fsp3) is 0.520. The lowest BCUT2D eigenvalue weighted by Crippen LogP contribution is -2.49. The number of hydrogen-bond acceptors (Lipinski definition) is 5. The number of anilines is 1. The lowest BCUT2D eigenvalue weighted by Gasteiger charge is -2.36. The van der Waals surface area contributed by atoms with Crippen LogP contribution in [0.15, 0.2) is 54.6 Å². The van der Waals surface area contributed by atoms with Crippen LogP contribution in [0.1, 0.15) is 26.3 Å². The van der Waals surface area contributed by atoms with Gasteiger partial charge in [-0.25, -0.2) is 0 Å². The smallest absolute Gasteiger partial charge is 0.119 e. The van der Waals surface area contributed by atoms with Gasteiger partial charge in [0.1, 0.15) is 12.4 Å². The van der Waals surface area contributed by atoms with Crippen molar-refractivity contribution in [3.05, 3.63) is 60.2 Å². The zero-order valence-electron chi connectivity index (χ0n) is 18.6. The molecule has 0 bridgehead atoms. The van der Waals surface area contributed by atoms with Crippen LogP contribution in [0.5, 0.6) is 5.75 Å². The Morgan fingerprint density at radius 3 is 2.20 bits per heavy atom. The van der Waals surface area contributed by atoms with Gasteiger partial charge in [0.05, 0.1) is 19.3 Å². The van der Waals surface area contributed by atoms with E-state index in [1.54, 1.807) is 0 Å². The van der Waals surface area contributed by atoms with Gasteiger partial charge in [-0.2, -0.15) is 0 Å². The number of benzene rings is 2. The maximum Gasteiger partial charge on any atom is 0.119 e. The quantitative estimate of drug-likeness (QED) is 0.638. The third-order valence-corrected chi connectivity index (χ3v) is 5.49. The number of hydrogen-bond donors (Lipinski definition) is 1. The molecule has 164 valence electrons. The zero-order valence-corrected chi connectivity index (χ0v) is 18.6. The molecule has 1 atom stereocenters. The van der Waals surface area contributed by atoms with Crippen molar-refractivity contribution in [3.63, 3.8) is 0 Å². The van der Waals surface area contributed by atoms with Crippen molar-refractivity contribution in [2.24, 2.45) is 0 Å². The van der Waals surface area contributed by atoms with Crippen molar-refractivity contribution < 1.29 is 14.6 Å². The second-order valence-electron chi connectivity index (χ2n) is 8.97. The van der Waals surface area contributed by atoms with Crippen LogP contribution in [0.25, 0.3) is 0 Å². The van der Waals surface area contributed by atoms with E-state index in [1.807, 2.05) is 18.2 Å². The average molecular weight is 413 g/mol. The average Bonchev–Trinajstić information content (AvgIpc) is 2.74. The first-order chi connectivity index (χ1) is 14.4. The maximum atomic E-state index is 10.3. The fourth-order valence-electron chi connectivity index (χ4n) is 3.67.